The molecule has 2 aromatic rings. The Hall–Kier alpha value is -2.63. The Morgan fingerprint density at radius 1 is 1.08 bits per heavy atom. The summed E-state index contributed by atoms with van der Waals surface area (Å²) in [6.45, 7) is 9.85. The van der Waals surface area contributed by atoms with E-state index in [0.29, 0.717) is 19.5 Å². The van der Waals surface area contributed by atoms with Gasteiger partial charge in [0.05, 0.1) is 6.42 Å². The van der Waals surface area contributed by atoms with Crippen molar-refractivity contribution in [2.45, 2.75) is 27.2 Å². The predicted octanol–water partition coefficient (Wildman–Crippen LogP) is 2.42. The molecule has 0 spiro atoms. The molecule has 1 saturated heterocycles. The average molecular weight is 353 g/mol. The third kappa shape index (κ3) is 4.50. The van der Waals surface area contributed by atoms with Crippen molar-refractivity contribution in [2.75, 3.05) is 42.9 Å². The number of amides is 1. The molecule has 1 aromatic heterocycles. The van der Waals surface area contributed by atoms with Crippen LogP contribution in [0, 0.1) is 13.8 Å². The van der Waals surface area contributed by atoms with Crippen LogP contribution in [0.25, 0.3) is 0 Å². The van der Waals surface area contributed by atoms with Crippen LogP contribution in [0.4, 0.5) is 11.8 Å². The van der Waals surface area contributed by atoms with Crippen LogP contribution in [0.1, 0.15) is 23.7 Å². The second-order valence-corrected chi connectivity index (χ2v) is 6.76. The van der Waals surface area contributed by atoms with Gasteiger partial charge in [-0.05, 0) is 26.3 Å². The van der Waals surface area contributed by atoms with Crippen LogP contribution in [-0.2, 0) is 11.2 Å². The number of hydrogen-bond donors (Lipinski definition) is 1. The maximum absolute atomic E-state index is 12.6. The van der Waals surface area contributed by atoms with Gasteiger partial charge < -0.3 is 15.1 Å². The molecule has 1 fully saturated rings. The highest BCUT2D eigenvalue weighted by molar-refractivity contribution is 5.79. The summed E-state index contributed by atoms with van der Waals surface area (Å²) in [4.78, 5) is 25.8. The van der Waals surface area contributed by atoms with Gasteiger partial charge in [0.1, 0.15) is 5.82 Å². The minimum atomic E-state index is 0.187. The maximum atomic E-state index is 12.6. The van der Waals surface area contributed by atoms with E-state index >= 15 is 0 Å². The number of piperazine rings is 1. The standard InChI is InChI=1S/C20H27N5O/c1-4-21-18-13-16(3)22-20(23-18)25-11-9-24(10-12-25)19(26)14-17-7-5-15(2)6-8-17/h5-8,13H,4,9-12,14H2,1-3H3,(H,21,22,23). The van der Waals surface area contributed by atoms with Crippen molar-refractivity contribution < 1.29 is 4.79 Å². The van der Waals surface area contributed by atoms with Crippen molar-refractivity contribution in [3.05, 3.63) is 47.2 Å². The normalized spacial score (nSPS) is 14.4. The number of hydrogen-bond acceptors (Lipinski definition) is 5. The van der Waals surface area contributed by atoms with E-state index in [9.17, 15) is 4.79 Å². The third-order valence-electron chi connectivity index (χ3n) is 4.59. The molecular weight excluding hydrogens is 326 g/mol. The molecule has 26 heavy (non-hydrogen) atoms. The van der Waals surface area contributed by atoms with E-state index < -0.39 is 0 Å². The summed E-state index contributed by atoms with van der Waals surface area (Å²) in [6.07, 6.45) is 0.464. The molecule has 1 amide bonds. The molecule has 0 bridgehead atoms. The Kier molecular flexibility index (Phi) is 5.71. The molecule has 0 unspecified atom stereocenters. The zero-order valence-electron chi connectivity index (χ0n) is 15.8. The highest BCUT2D eigenvalue weighted by atomic mass is 16.2. The molecule has 2 heterocycles. The molecule has 1 aliphatic heterocycles. The maximum Gasteiger partial charge on any atom is 0.227 e. The van der Waals surface area contributed by atoms with Crippen LogP contribution >= 0.6 is 0 Å². The second-order valence-electron chi connectivity index (χ2n) is 6.76. The van der Waals surface area contributed by atoms with Crippen LogP contribution in [0.3, 0.4) is 0 Å². The van der Waals surface area contributed by atoms with Gasteiger partial charge in [0.25, 0.3) is 0 Å². The number of carbonyl (C=O) groups excluding carboxylic acids is 1. The summed E-state index contributed by atoms with van der Waals surface area (Å²) in [6, 6.07) is 10.1. The lowest BCUT2D eigenvalue weighted by Crippen LogP contribution is -2.49. The van der Waals surface area contributed by atoms with Crippen molar-refractivity contribution in [2.24, 2.45) is 0 Å². The monoisotopic (exact) mass is 353 g/mol. The molecule has 0 aliphatic carbocycles. The Morgan fingerprint density at radius 3 is 2.42 bits per heavy atom. The molecule has 0 atom stereocenters. The van der Waals surface area contributed by atoms with Gasteiger partial charge in [-0.25, -0.2) is 4.98 Å². The van der Waals surface area contributed by atoms with E-state index in [2.05, 4.69) is 46.2 Å². The number of nitrogens with one attached hydrogen (secondary N) is 1. The predicted molar refractivity (Wildman–Crippen MR) is 105 cm³/mol. The summed E-state index contributed by atoms with van der Waals surface area (Å²) >= 11 is 0. The van der Waals surface area contributed by atoms with E-state index in [-0.39, 0.29) is 5.91 Å². The summed E-state index contributed by atoms with van der Waals surface area (Å²) < 4.78 is 0. The third-order valence-corrected chi connectivity index (χ3v) is 4.59. The molecular formula is C20H27N5O. The van der Waals surface area contributed by atoms with Crippen molar-refractivity contribution in [1.82, 2.24) is 14.9 Å². The minimum absolute atomic E-state index is 0.187. The first-order chi connectivity index (χ1) is 12.5. The smallest absolute Gasteiger partial charge is 0.227 e. The number of carbonyl (C=O) groups is 1. The molecule has 0 saturated carbocycles. The fourth-order valence-electron chi connectivity index (χ4n) is 3.11. The summed E-state index contributed by atoms with van der Waals surface area (Å²) in [5.41, 5.74) is 3.23. The summed E-state index contributed by atoms with van der Waals surface area (Å²) in [7, 11) is 0. The van der Waals surface area contributed by atoms with Gasteiger partial charge in [0, 0.05) is 44.5 Å². The molecule has 1 aliphatic rings. The molecule has 3 rings (SSSR count). The van der Waals surface area contributed by atoms with Gasteiger partial charge in [-0.15, -0.1) is 0 Å². The Labute approximate surface area is 155 Å². The SMILES string of the molecule is CCNc1cc(C)nc(N2CCN(C(=O)Cc3ccc(C)cc3)CC2)n1. The van der Waals surface area contributed by atoms with Gasteiger partial charge in [-0.3, -0.25) is 4.79 Å². The highest BCUT2D eigenvalue weighted by Gasteiger charge is 2.23. The van der Waals surface area contributed by atoms with Crippen LogP contribution in [0.5, 0.6) is 0 Å². The number of rotatable bonds is 5. The molecule has 0 radical (unpaired) electrons. The first-order valence-electron chi connectivity index (χ1n) is 9.23. The molecule has 1 N–H and O–H groups in total. The van der Waals surface area contributed by atoms with Crippen LogP contribution in [-0.4, -0.2) is 53.5 Å². The van der Waals surface area contributed by atoms with Gasteiger partial charge >= 0.3 is 0 Å². The Morgan fingerprint density at radius 2 is 1.77 bits per heavy atom. The van der Waals surface area contributed by atoms with Crippen LogP contribution in [0.15, 0.2) is 30.3 Å². The van der Waals surface area contributed by atoms with E-state index in [1.165, 1.54) is 5.56 Å². The molecule has 6 heteroatoms. The van der Waals surface area contributed by atoms with E-state index in [1.54, 1.807) is 0 Å². The van der Waals surface area contributed by atoms with Crippen LogP contribution in [0.2, 0.25) is 0 Å². The Bertz CT molecular complexity index is 751. The second kappa shape index (κ2) is 8.17. The summed E-state index contributed by atoms with van der Waals surface area (Å²) in [5.74, 6) is 1.78. The van der Waals surface area contributed by atoms with Gasteiger partial charge in [-0.2, -0.15) is 4.98 Å². The number of aromatic nitrogens is 2. The highest BCUT2D eigenvalue weighted by Crippen LogP contribution is 2.16. The number of benzene rings is 1. The van der Waals surface area contributed by atoms with E-state index in [4.69, 9.17) is 0 Å². The molecule has 1 aromatic carbocycles. The van der Waals surface area contributed by atoms with E-state index in [0.717, 1.165) is 42.7 Å². The number of anilines is 2. The lowest BCUT2D eigenvalue weighted by molar-refractivity contribution is -0.130. The quantitative estimate of drug-likeness (QED) is 0.894. The summed E-state index contributed by atoms with van der Waals surface area (Å²) in [5, 5.41) is 3.24. The zero-order valence-corrected chi connectivity index (χ0v) is 15.8. The van der Waals surface area contributed by atoms with Crippen molar-refractivity contribution in [1.29, 1.82) is 0 Å². The van der Waals surface area contributed by atoms with Crippen molar-refractivity contribution >= 4 is 17.7 Å². The van der Waals surface area contributed by atoms with Crippen LogP contribution < -0.4 is 10.2 Å². The fourth-order valence-corrected chi connectivity index (χ4v) is 3.11. The van der Waals surface area contributed by atoms with E-state index in [1.807, 2.05) is 30.0 Å². The average Bonchev–Trinajstić information content (AvgIpc) is 2.63. The first kappa shape index (κ1) is 18.2. The topological polar surface area (TPSA) is 61.4 Å². The van der Waals surface area contributed by atoms with Gasteiger partial charge in [0.15, 0.2) is 0 Å². The largest absolute Gasteiger partial charge is 0.370 e. The van der Waals surface area contributed by atoms with Gasteiger partial charge in [-0.1, -0.05) is 29.8 Å². The molecule has 138 valence electrons. The zero-order chi connectivity index (χ0) is 18.5. The lowest BCUT2D eigenvalue weighted by atomic mass is 10.1. The number of aryl methyl sites for hydroxylation is 2. The minimum Gasteiger partial charge on any atom is -0.370 e. The molecule has 6 nitrogen and oxygen atoms in total. The number of nitrogens with zero attached hydrogens (tertiary/aromatic N) is 4. The van der Waals surface area contributed by atoms with Crippen molar-refractivity contribution in [3.8, 4) is 0 Å². The first-order valence-corrected chi connectivity index (χ1v) is 9.23. The fraction of sp³-hybridized carbons (Fsp3) is 0.450. The van der Waals surface area contributed by atoms with Crippen molar-refractivity contribution in [3.63, 3.8) is 0 Å². The lowest BCUT2D eigenvalue weighted by Gasteiger charge is -2.35. The Balaban J connectivity index is 1.58. The van der Waals surface area contributed by atoms with Gasteiger partial charge in [0.2, 0.25) is 11.9 Å².